The van der Waals surface area contributed by atoms with Crippen LogP contribution in [0.3, 0.4) is 0 Å². The second-order valence-electron chi connectivity index (χ2n) is 4.28. The van der Waals surface area contributed by atoms with E-state index in [1.165, 1.54) is 11.6 Å². The molecule has 1 atom stereocenters. The van der Waals surface area contributed by atoms with E-state index >= 15 is 0 Å². The van der Waals surface area contributed by atoms with Crippen molar-refractivity contribution in [2.75, 3.05) is 13.2 Å². The first-order valence-electron chi connectivity index (χ1n) is 7.17. The van der Waals surface area contributed by atoms with Gasteiger partial charge in [0.2, 0.25) is 0 Å². The number of ether oxygens (including phenoxy) is 2. The Morgan fingerprint density at radius 1 is 1.38 bits per heavy atom. The van der Waals surface area contributed by atoms with Crippen molar-refractivity contribution in [2.45, 2.75) is 13.0 Å². The number of nitriles is 1. The van der Waals surface area contributed by atoms with Crippen LogP contribution < -0.4 is 0 Å². The van der Waals surface area contributed by atoms with E-state index in [1.54, 1.807) is 13.0 Å². The molecule has 4 heteroatoms. The maximum absolute atomic E-state index is 10.7. The van der Waals surface area contributed by atoms with Gasteiger partial charge in [0.1, 0.15) is 12.7 Å². The lowest BCUT2D eigenvalue weighted by Gasteiger charge is -1.99. The molecule has 1 unspecified atom stereocenters. The van der Waals surface area contributed by atoms with Gasteiger partial charge in [-0.3, -0.25) is 0 Å². The quantitative estimate of drug-likeness (QED) is 0.271. The van der Waals surface area contributed by atoms with Crippen LogP contribution >= 0.6 is 0 Å². The molecule has 128 valence electrons. The molecule has 0 amide bonds. The molecule has 1 heterocycles. The van der Waals surface area contributed by atoms with Crippen molar-refractivity contribution in [3.63, 3.8) is 0 Å². The Kier molecular flexibility index (Phi) is 16.0. The molecule has 24 heavy (non-hydrogen) atoms. The van der Waals surface area contributed by atoms with Gasteiger partial charge in [-0.1, -0.05) is 56.1 Å². The number of nitrogens with zero attached hydrogens (tertiary/aromatic N) is 1. The van der Waals surface area contributed by atoms with E-state index in [-0.39, 0.29) is 12.1 Å². The largest absolute Gasteiger partial charge is 0.459 e. The van der Waals surface area contributed by atoms with Gasteiger partial charge in [0.15, 0.2) is 0 Å². The van der Waals surface area contributed by atoms with Crippen molar-refractivity contribution in [2.24, 2.45) is 0 Å². The highest BCUT2D eigenvalue weighted by molar-refractivity contribution is 5.86. The van der Waals surface area contributed by atoms with Crippen LogP contribution in [0, 0.1) is 11.3 Å². The third-order valence-electron chi connectivity index (χ3n) is 2.28. The van der Waals surface area contributed by atoms with Crippen molar-refractivity contribution in [1.29, 1.82) is 5.26 Å². The third kappa shape index (κ3) is 15.5. The van der Waals surface area contributed by atoms with Crippen molar-refractivity contribution >= 4 is 12.0 Å². The van der Waals surface area contributed by atoms with Gasteiger partial charge < -0.3 is 9.47 Å². The lowest BCUT2D eigenvalue weighted by atomic mass is 10.2. The zero-order chi connectivity index (χ0) is 18.8. The molecule has 1 saturated heterocycles. The normalized spacial score (nSPS) is 12.8. The molecule has 1 aromatic rings. The van der Waals surface area contributed by atoms with Gasteiger partial charge in [0.05, 0.1) is 12.7 Å². The number of allylic oxidation sites excluding steroid dienone is 1. The molecule has 0 radical (unpaired) electrons. The summed E-state index contributed by atoms with van der Waals surface area (Å²) in [6.45, 7) is 18.9. The summed E-state index contributed by atoms with van der Waals surface area (Å²) in [5, 5.41) is 7.51. The molecule has 0 N–H and O–H groups in total. The minimum absolute atomic E-state index is 0.142. The highest BCUT2D eigenvalue weighted by Crippen LogP contribution is 2.09. The SMILES string of the molecule is C=C.C=C(C)C(=O)OCC1CO1.C=CC#N.C=Cc1ccccc1. The molecule has 0 bridgehead atoms. The average Bonchev–Trinajstić information content (AvgIpc) is 3.47. The Bertz CT molecular complexity index is 540. The molecule has 2 rings (SSSR count). The van der Waals surface area contributed by atoms with Gasteiger partial charge in [-0.25, -0.2) is 4.79 Å². The van der Waals surface area contributed by atoms with Gasteiger partial charge >= 0.3 is 5.97 Å². The summed E-state index contributed by atoms with van der Waals surface area (Å²) in [5.41, 5.74) is 1.60. The molecule has 0 aliphatic carbocycles. The maximum Gasteiger partial charge on any atom is 0.333 e. The van der Waals surface area contributed by atoms with Crippen molar-refractivity contribution < 1.29 is 14.3 Å². The number of epoxide rings is 1. The predicted octanol–water partition coefficient (Wildman–Crippen LogP) is 4.33. The standard InChI is InChI=1S/C8H8.C7H10O3.C3H3N.C2H4/c1-2-8-6-4-3-5-7-8;1-5(2)7(8)10-4-6-3-9-6;1-2-3-4;1-2/h2-7H,1H2;6H,1,3-4H2,2H3;2H,1H2;1-2H2. The molecule has 0 saturated carbocycles. The summed E-state index contributed by atoms with van der Waals surface area (Å²) >= 11 is 0. The van der Waals surface area contributed by atoms with Crippen LogP contribution in [0.25, 0.3) is 6.08 Å². The number of benzene rings is 1. The zero-order valence-corrected chi connectivity index (χ0v) is 14.2. The van der Waals surface area contributed by atoms with Gasteiger partial charge in [-0.15, -0.1) is 13.2 Å². The fourth-order valence-electron chi connectivity index (χ4n) is 1.05. The van der Waals surface area contributed by atoms with E-state index in [4.69, 9.17) is 14.7 Å². The van der Waals surface area contributed by atoms with Gasteiger partial charge in [0.25, 0.3) is 0 Å². The van der Waals surface area contributed by atoms with E-state index in [0.29, 0.717) is 18.8 Å². The summed E-state index contributed by atoms with van der Waals surface area (Å²) in [7, 11) is 0. The van der Waals surface area contributed by atoms with Crippen molar-refractivity contribution in [1.82, 2.24) is 0 Å². The van der Waals surface area contributed by atoms with E-state index in [2.05, 4.69) is 32.9 Å². The van der Waals surface area contributed by atoms with Crippen LogP contribution in [0.15, 0.2) is 74.9 Å². The summed E-state index contributed by atoms with van der Waals surface area (Å²) in [4.78, 5) is 10.7. The molecule has 1 fully saturated rings. The number of hydrogen-bond acceptors (Lipinski definition) is 4. The second-order valence-corrected chi connectivity index (χ2v) is 4.28. The first kappa shape index (κ1) is 23.4. The second kappa shape index (κ2) is 16.5. The highest BCUT2D eigenvalue weighted by atomic mass is 16.6. The van der Waals surface area contributed by atoms with Crippen molar-refractivity contribution in [3.05, 3.63) is 80.4 Å². The lowest BCUT2D eigenvalue weighted by Crippen LogP contribution is -2.09. The van der Waals surface area contributed by atoms with E-state index in [0.717, 1.165) is 0 Å². The Labute approximate surface area is 145 Å². The first-order valence-corrected chi connectivity index (χ1v) is 7.17. The monoisotopic (exact) mass is 327 g/mol. The number of hydrogen-bond donors (Lipinski definition) is 0. The third-order valence-corrected chi connectivity index (χ3v) is 2.28. The van der Waals surface area contributed by atoms with Crippen molar-refractivity contribution in [3.8, 4) is 6.07 Å². The Balaban J connectivity index is 0. The molecule has 0 spiro atoms. The molecule has 1 aromatic carbocycles. The van der Waals surface area contributed by atoms with Crippen LogP contribution in [0.1, 0.15) is 12.5 Å². The number of rotatable bonds is 4. The first-order chi connectivity index (χ1) is 11.5. The fourth-order valence-corrected chi connectivity index (χ4v) is 1.05. The Morgan fingerprint density at radius 3 is 2.17 bits per heavy atom. The zero-order valence-electron chi connectivity index (χ0n) is 14.2. The average molecular weight is 327 g/mol. The minimum atomic E-state index is -0.337. The molecular weight excluding hydrogens is 302 g/mol. The molecule has 0 aromatic heterocycles. The molecule has 1 aliphatic rings. The van der Waals surface area contributed by atoms with E-state index < -0.39 is 0 Å². The van der Waals surface area contributed by atoms with Gasteiger partial charge in [0, 0.05) is 11.6 Å². The number of carbonyl (C=O) groups is 1. The van der Waals surface area contributed by atoms with Crippen LogP contribution in [-0.4, -0.2) is 25.3 Å². The van der Waals surface area contributed by atoms with Gasteiger partial charge in [-0.05, 0) is 12.5 Å². The summed E-state index contributed by atoms with van der Waals surface area (Å²) < 4.78 is 9.60. The van der Waals surface area contributed by atoms with Crippen LogP contribution in [0.5, 0.6) is 0 Å². The minimum Gasteiger partial charge on any atom is -0.459 e. The molecule has 1 aliphatic heterocycles. The smallest absolute Gasteiger partial charge is 0.333 e. The summed E-state index contributed by atoms with van der Waals surface area (Å²) in [6.07, 6.45) is 3.16. The lowest BCUT2D eigenvalue weighted by molar-refractivity contribution is -0.139. The number of esters is 1. The summed E-state index contributed by atoms with van der Waals surface area (Å²) in [5.74, 6) is -0.337. The van der Waals surface area contributed by atoms with E-state index in [1.807, 2.05) is 36.4 Å². The Hall–Kier alpha value is -2.90. The Morgan fingerprint density at radius 2 is 1.88 bits per heavy atom. The summed E-state index contributed by atoms with van der Waals surface area (Å²) in [6, 6.07) is 11.7. The molecule has 4 nitrogen and oxygen atoms in total. The maximum atomic E-state index is 10.7. The van der Waals surface area contributed by atoms with Crippen LogP contribution in [0.4, 0.5) is 0 Å². The van der Waals surface area contributed by atoms with Crippen LogP contribution in [-0.2, 0) is 14.3 Å². The van der Waals surface area contributed by atoms with E-state index in [9.17, 15) is 4.79 Å². The van der Waals surface area contributed by atoms with Crippen LogP contribution in [0.2, 0.25) is 0 Å². The topological polar surface area (TPSA) is 62.6 Å². The van der Waals surface area contributed by atoms with Gasteiger partial charge in [-0.2, -0.15) is 5.26 Å². The highest BCUT2D eigenvalue weighted by Gasteiger charge is 2.24. The predicted molar refractivity (Wildman–Crippen MR) is 99.1 cm³/mol. The fraction of sp³-hybridized carbons (Fsp3) is 0.200. The number of carbonyl (C=O) groups excluding carboxylic acids is 1. The molecular formula is C20H25NO3.